The van der Waals surface area contributed by atoms with Crippen molar-refractivity contribution in [2.24, 2.45) is 0 Å². The number of aryl methyl sites for hydroxylation is 1. The maximum absolute atomic E-state index is 11.2. The quantitative estimate of drug-likeness (QED) is 0.376. The van der Waals surface area contributed by atoms with Crippen LogP contribution in [0.4, 0.5) is 5.69 Å². The van der Waals surface area contributed by atoms with Gasteiger partial charge < -0.3 is 14.8 Å². The fraction of sp³-hybridized carbons (Fsp3) is 0.105. The third-order valence-electron chi connectivity index (χ3n) is 3.81. The van der Waals surface area contributed by atoms with E-state index in [-0.39, 0.29) is 16.8 Å². The van der Waals surface area contributed by atoms with Crippen LogP contribution in [0.5, 0.6) is 0 Å². The van der Waals surface area contributed by atoms with Crippen LogP contribution < -0.4 is 0 Å². The first-order valence-electron chi connectivity index (χ1n) is 8.15. The molecule has 2 aromatic carbocycles. The lowest BCUT2D eigenvalue weighted by molar-refractivity contribution is -0.384. The molecule has 1 aromatic heterocycles. The molecule has 150 valence electrons. The Morgan fingerprint density at radius 2 is 1.72 bits per heavy atom. The van der Waals surface area contributed by atoms with Crippen LogP contribution in [0.25, 0.3) is 0 Å². The first kappa shape index (κ1) is 21.6. The lowest BCUT2D eigenvalue weighted by Crippen LogP contribution is -2.11. The van der Waals surface area contributed by atoms with Gasteiger partial charge in [0.1, 0.15) is 5.02 Å². The summed E-state index contributed by atoms with van der Waals surface area (Å²) >= 11 is 5.93. The minimum absolute atomic E-state index is 0.0954. The molecule has 0 saturated heterocycles. The number of carbonyl (C=O) groups is 2. The number of imidazole rings is 1. The predicted molar refractivity (Wildman–Crippen MR) is 104 cm³/mol. The molecular formula is C19H16ClN3O6. The van der Waals surface area contributed by atoms with Crippen molar-refractivity contribution in [3.63, 3.8) is 0 Å². The van der Waals surface area contributed by atoms with E-state index in [0.29, 0.717) is 0 Å². The Morgan fingerprint density at radius 3 is 2.21 bits per heavy atom. The van der Waals surface area contributed by atoms with Gasteiger partial charge in [0, 0.05) is 12.3 Å². The molecule has 3 aromatic rings. The molecule has 9 nitrogen and oxygen atoms in total. The number of benzene rings is 2. The van der Waals surface area contributed by atoms with E-state index in [0.717, 1.165) is 16.8 Å². The number of carboxylic acids is 2. The molecule has 0 amide bonds. The van der Waals surface area contributed by atoms with Gasteiger partial charge in [-0.2, -0.15) is 0 Å². The number of rotatable bonds is 4. The third kappa shape index (κ3) is 5.63. The van der Waals surface area contributed by atoms with Gasteiger partial charge >= 0.3 is 11.9 Å². The summed E-state index contributed by atoms with van der Waals surface area (Å²) in [5.74, 6) is -3.65. The molecule has 1 heterocycles. The van der Waals surface area contributed by atoms with Gasteiger partial charge in [-0.3, -0.25) is 10.1 Å². The van der Waals surface area contributed by atoms with E-state index < -0.39 is 16.9 Å². The third-order valence-corrected chi connectivity index (χ3v) is 4.13. The summed E-state index contributed by atoms with van der Waals surface area (Å²) in [5, 5.41) is 26.1. The summed E-state index contributed by atoms with van der Waals surface area (Å²) in [5.41, 5.74) is 2.59. The number of hydrogen-bond donors (Lipinski definition) is 2. The molecular weight excluding hydrogens is 402 g/mol. The van der Waals surface area contributed by atoms with E-state index in [1.54, 1.807) is 12.4 Å². The Balaban J connectivity index is 0.000000438. The molecule has 0 spiro atoms. The number of nitro benzene ring substituents is 1. The average Bonchev–Trinajstić information content (AvgIpc) is 3.10. The van der Waals surface area contributed by atoms with Gasteiger partial charge in [0.05, 0.1) is 23.0 Å². The van der Waals surface area contributed by atoms with Crippen molar-refractivity contribution in [3.8, 4) is 0 Å². The standard InChI is InChI=1S/C17H14ClN3O2.C2H2O4/c1-12-10-20(11-19-12)17(13-5-3-2-4-6-13)14-7-8-15(18)16(9-14)21(22)23;3-1(4)2(5)6/h2-11,17H,1H3;(H,3,4)(H,5,6). The molecule has 2 N–H and O–H groups in total. The Hall–Kier alpha value is -3.72. The van der Waals surface area contributed by atoms with Crippen LogP contribution in [0.1, 0.15) is 22.9 Å². The first-order chi connectivity index (χ1) is 13.7. The second kappa shape index (κ2) is 9.47. The molecule has 0 saturated carbocycles. The molecule has 3 rings (SSSR count). The van der Waals surface area contributed by atoms with E-state index in [4.69, 9.17) is 31.4 Å². The number of hydrogen-bond acceptors (Lipinski definition) is 5. The van der Waals surface area contributed by atoms with Crippen molar-refractivity contribution >= 4 is 29.2 Å². The number of nitrogens with zero attached hydrogens (tertiary/aromatic N) is 3. The molecule has 10 heteroatoms. The lowest BCUT2D eigenvalue weighted by atomic mass is 9.98. The van der Waals surface area contributed by atoms with Crippen molar-refractivity contribution in [2.45, 2.75) is 13.0 Å². The summed E-state index contributed by atoms with van der Waals surface area (Å²) < 4.78 is 1.94. The normalized spacial score (nSPS) is 11.1. The van der Waals surface area contributed by atoms with Crippen molar-refractivity contribution in [2.75, 3.05) is 0 Å². The monoisotopic (exact) mass is 417 g/mol. The van der Waals surface area contributed by atoms with Crippen LogP contribution in [0.15, 0.2) is 61.1 Å². The van der Waals surface area contributed by atoms with E-state index in [9.17, 15) is 10.1 Å². The minimum atomic E-state index is -1.82. The number of halogens is 1. The summed E-state index contributed by atoms with van der Waals surface area (Å²) in [6.07, 6.45) is 3.64. The molecule has 29 heavy (non-hydrogen) atoms. The molecule has 0 radical (unpaired) electrons. The van der Waals surface area contributed by atoms with Crippen molar-refractivity contribution in [3.05, 3.63) is 93.0 Å². The highest BCUT2D eigenvalue weighted by Gasteiger charge is 2.21. The summed E-state index contributed by atoms with van der Waals surface area (Å²) in [4.78, 5) is 33.2. The van der Waals surface area contributed by atoms with Crippen molar-refractivity contribution in [1.29, 1.82) is 0 Å². The van der Waals surface area contributed by atoms with Gasteiger partial charge in [0.2, 0.25) is 0 Å². The van der Waals surface area contributed by atoms with Crippen LogP contribution >= 0.6 is 11.6 Å². The SMILES string of the molecule is Cc1cn(C(c2ccccc2)c2ccc(Cl)c([N+](=O)[O-])c2)cn1.O=C(O)C(=O)O. The second-order valence-electron chi connectivity index (χ2n) is 5.85. The zero-order chi connectivity index (χ0) is 21.6. The molecule has 0 aliphatic heterocycles. The highest BCUT2D eigenvalue weighted by atomic mass is 35.5. The lowest BCUT2D eigenvalue weighted by Gasteiger charge is -2.19. The van der Waals surface area contributed by atoms with Gasteiger partial charge in [-0.25, -0.2) is 14.6 Å². The Labute approximate surface area is 170 Å². The van der Waals surface area contributed by atoms with Crippen LogP contribution in [0, 0.1) is 17.0 Å². The van der Waals surface area contributed by atoms with Gasteiger partial charge in [-0.1, -0.05) is 48.0 Å². The summed E-state index contributed by atoms with van der Waals surface area (Å²) in [6, 6.07) is 14.5. The smallest absolute Gasteiger partial charge is 0.414 e. The number of aromatic nitrogens is 2. The van der Waals surface area contributed by atoms with E-state index >= 15 is 0 Å². The van der Waals surface area contributed by atoms with Crippen molar-refractivity contribution in [1.82, 2.24) is 9.55 Å². The number of carboxylic acid groups (broad SMARTS) is 2. The Kier molecular flexibility index (Phi) is 7.05. The number of aliphatic carboxylic acids is 2. The fourth-order valence-electron chi connectivity index (χ4n) is 2.59. The van der Waals surface area contributed by atoms with E-state index in [1.165, 1.54) is 6.07 Å². The van der Waals surface area contributed by atoms with E-state index in [1.807, 2.05) is 54.1 Å². The average molecular weight is 418 g/mol. The Bertz CT molecular complexity index is 1020. The minimum Gasteiger partial charge on any atom is -0.473 e. The van der Waals surface area contributed by atoms with Crippen LogP contribution in [-0.2, 0) is 9.59 Å². The Morgan fingerprint density at radius 1 is 1.10 bits per heavy atom. The first-order valence-corrected chi connectivity index (χ1v) is 8.53. The molecule has 0 bridgehead atoms. The fourth-order valence-corrected chi connectivity index (χ4v) is 2.78. The van der Waals surface area contributed by atoms with E-state index in [2.05, 4.69) is 4.98 Å². The summed E-state index contributed by atoms with van der Waals surface area (Å²) in [6.45, 7) is 1.91. The second-order valence-corrected chi connectivity index (χ2v) is 6.26. The highest BCUT2D eigenvalue weighted by Crippen LogP contribution is 2.32. The maximum atomic E-state index is 11.2. The zero-order valence-corrected chi connectivity index (χ0v) is 15.9. The van der Waals surface area contributed by atoms with Gasteiger partial charge in [-0.05, 0) is 24.1 Å². The van der Waals surface area contributed by atoms with Gasteiger partial charge in [-0.15, -0.1) is 0 Å². The molecule has 0 aliphatic carbocycles. The molecule has 0 fully saturated rings. The topological polar surface area (TPSA) is 136 Å². The van der Waals surface area contributed by atoms with Crippen LogP contribution in [0.3, 0.4) is 0 Å². The highest BCUT2D eigenvalue weighted by molar-refractivity contribution is 6.32. The van der Waals surface area contributed by atoms with Gasteiger partial charge in [0.25, 0.3) is 5.69 Å². The largest absolute Gasteiger partial charge is 0.473 e. The zero-order valence-electron chi connectivity index (χ0n) is 15.1. The summed E-state index contributed by atoms with van der Waals surface area (Å²) in [7, 11) is 0. The van der Waals surface area contributed by atoms with Gasteiger partial charge in [0.15, 0.2) is 0 Å². The van der Waals surface area contributed by atoms with Crippen LogP contribution in [0.2, 0.25) is 5.02 Å². The van der Waals surface area contributed by atoms with Crippen molar-refractivity contribution < 1.29 is 24.7 Å². The molecule has 1 unspecified atom stereocenters. The molecule has 0 aliphatic rings. The molecule has 1 atom stereocenters. The number of nitro groups is 1. The van der Waals surface area contributed by atoms with Crippen LogP contribution in [-0.4, -0.2) is 36.6 Å². The maximum Gasteiger partial charge on any atom is 0.414 e. The predicted octanol–water partition coefficient (Wildman–Crippen LogP) is 3.55.